The molecular formula is C12H17N3O7S. The Bertz CT molecular complexity index is 688. The second-order valence-corrected chi connectivity index (χ2v) is 5.43. The number of hydrogen-bond acceptors (Lipinski definition) is 8. The number of hydrogen-bond donors (Lipinski definition) is 6. The van der Waals surface area contributed by atoms with Gasteiger partial charge in [-0.2, -0.15) is 0 Å². The number of H-pyrrole nitrogens is 1. The summed E-state index contributed by atoms with van der Waals surface area (Å²) in [5.74, 6) is -1.07. The van der Waals surface area contributed by atoms with E-state index in [0.717, 1.165) is 0 Å². The molecule has 0 bridgehead atoms. The summed E-state index contributed by atoms with van der Waals surface area (Å²) in [7, 11) is 0. The van der Waals surface area contributed by atoms with E-state index in [2.05, 4.69) is 10.3 Å². The third-order valence-corrected chi connectivity index (χ3v) is 3.74. The van der Waals surface area contributed by atoms with Crippen molar-refractivity contribution in [2.24, 2.45) is 0 Å². The fourth-order valence-electron chi connectivity index (χ4n) is 2.26. The number of carboxylic acid groups (broad SMARTS) is 1. The van der Waals surface area contributed by atoms with Gasteiger partial charge in [0.15, 0.2) is 11.0 Å². The molecule has 0 saturated carbocycles. The fraction of sp³-hybridized carbons (Fsp3) is 0.583. The number of aliphatic carboxylic acids is 1. The molecule has 1 aliphatic heterocycles. The summed E-state index contributed by atoms with van der Waals surface area (Å²) < 4.78 is 6.56. The number of nitrogens with one attached hydrogen (secondary N) is 2. The fourth-order valence-corrected chi connectivity index (χ4v) is 2.51. The number of aliphatic hydroxyl groups is 3. The molecule has 0 aromatic carbocycles. The topological polar surface area (TPSA) is 157 Å². The van der Waals surface area contributed by atoms with E-state index in [1.54, 1.807) is 0 Å². The molecule has 2 rings (SSSR count). The van der Waals surface area contributed by atoms with Crippen LogP contribution in [0.1, 0.15) is 11.8 Å². The Kier molecular flexibility index (Phi) is 5.62. The molecule has 0 aliphatic carbocycles. The number of carboxylic acids is 1. The minimum atomic E-state index is -1.34. The predicted molar refractivity (Wildman–Crippen MR) is 78.2 cm³/mol. The lowest BCUT2D eigenvalue weighted by atomic mass is 10.1. The van der Waals surface area contributed by atoms with Gasteiger partial charge in [0.2, 0.25) is 0 Å². The summed E-state index contributed by atoms with van der Waals surface area (Å²) in [5.41, 5.74) is -0.325. The first-order chi connectivity index (χ1) is 10.8. The van der Waals surface area contributed by atoms with E-state index in [0.29, 0.717) is 0 Å². The maximum absolute atomic E-state index is 11.8. The van der Waals surface area contributed by atoms with Crippen LogP contribution in [0.15, 0.2) is 11.0 Å². The number of aromatic nitrogens is 2. The molecule has 1 fully saturated rings. The zero-order chi connectivity index (χ0) is 17.1. The highest BCUT2D eigenvalue weighted by Gasteiger charge is 2.43. The van der Waals surface area contributed by atoms with Crippen molar-refractivity contribution in [1.82, 2.24) is 14.9 Å². The average molecular weight is 347 g/mol. The lowest BCUT2D eigenvalue weighted by Gasteiger charge is -2.19. The first-order valence-electron chi connectivity index (χ1n) is 6.74. The number of ether oxygens (including phenoxy) is 1. The van der Waals surface area contributed by atoms with Gasteiger partial charge >= 0.3 is 5.97 Å². The molecule has 0 unspecified atom stereocenters. The molecule has 0 amide bonds. The Balaban J connectivity index is 2.27. The van der Waals surface area contributed by atoms with Crippen LogP contribution in [0.4, 0.5) is 0 Å². The highest BCUT2D eigenvalue weighted by atomic mass is 32.1. The lowest BCUT2D eigenvalue weighted by molar-refractivity contribution is -0.136. The van der Waals surface area contributed by atoms with E-state index >= 15 is 0 Å². The number of carbonyl (C=O) groups is 1. The van der Waals surface area contributed by atoms with Crippen LogP contribution in [-0.4, -0.2) is 67.4 Å². The van der Waals surface area contributed by atoms with Crippen molar-refractivity contribution in [2.45, 2.75) is 31.1 Å². The number of aromatic amines is 1. The van der Waals surface area contributed by atoms with E-state index in [1.807, 2.05) is 0 Å². The maximum atomic E-state index is 11.8. The first kappa shape index (κ1) is 17.7. The smallest absolute Gasteiger partial charge is 0.317 e. The van der Waals surface area contributed by atoms with Crippen molar-refractivity contribution in [1.29, 1.82) is 0 Å². The SMILES string of the molecule is O=C(O)CNCc1cn([C@@H]2O[C@H](CO)[C@@H](O)[C@H]2O)c(=S)[nH]c1=O. The van der Waals surface area contributed by atoms with Gasteiger partial charge in [-0.05, 0) is 12.2 Å². The summed E-state index contributed by atoms with van der Waals surface area (Å²) in [6.45, 7) is -0.854. The van der Waals surface area contributed by atoms with Crippen molar-refractivity contribution in [2.75, 3.05) is 13.2 Å². The van der Waals surface area contributed by atoms with Crippen LogP contribution in [0.25, 0.3) is 0 Å². The first-order valence-corrected chi connectivity index (χ1v) is 7.15. The Morgan fingerprint density at radius 1 is 1.43 bits per heavy atom. The molecule has 23 heavy (non-hydrogen) atoms. The van der Waals surface area contributed by atoms with E-state index in [4.69, 9.17) is 27.2 Å². The van der Waals surface area contributed by atoms with Gasteiger partial charge < -0.3 is 30.5 Å². The lowest BCUT2D eigenvalue weighted by Crippen LogP contribution is -2.34. The zero-order valence-electron chi connectivity index (χ0n) is 11.9. The van der Waals surface area contributed by atoms with Crippen molar-refractivity contribution in [3.8, 4) is 0 Å². The third kappa shape index (κ3) is 3.83. The van der Waals surface area contributed by atoms with Gasteiger partial charge in [-0.1, -0.05) is 0 Å². The summed E-state index contributed by atoms with van der Waals surface area (Å²) in [5, 5.41) is 40.0. The van der Waals surface area contributed by atoms with E-state index in [1.165, 1.54) is 10.8 Å². The summed E-state index contributed by atoms with van der Waals surface area (Å²) >= 11 is 5.01. The molecule has 6 N–H and O–H groups in total. The standard InChI is InChI=1S/C12H17N3O7S/c16-4-6-8(19)9(20)11(22-6)15-3-5(1-13-2-7(17)18)10(21)14-12(15)23/h3,6,8-9,11,13,16,19-20H,1-2,4H2,(H,17,18)(H,14,21,23)/t6-,8-,9-,11-/m1/s1. The quantitative estimate of drug-likeness (QED) is 0.311. The molecule has 128 valence electrons. The van der Waals surface area contributed by atoms with Gasteiger partial charge in [-0.3, -0.25) is 19.1 Å². The maximum Gasteiger partial charge on any atom is 0.317 e. The summed E-state index contributed by atoms with van der Waals surface area (Å²) in [4.78, 5) is 24.7. The Labute approximate surface area is 135 Å². The molecule has 1 aliphatic rings. The molecule has 1 saturated heterocycles. The van der Waals surface area contributed by atoms with Gasteiger partial charge in [0.05, 0.1) is 13.2 Å². The Morgan fingerprint density at radius 3 is 2.70 bits per heavy atom. The largest absolute Gasteiger partial charge is 0.480 e. The highest BCUT2D eigenvalue weighted by Crippen LogP contribution is 2.29. The molecule has 1 aromatic heterocycles. The van der Waals surface area contributed by atoms with E-state index in [-0.39, 0.29) is 23.4 Å². The van der Waals surface area contributed by atoms with Crippen LogP contribution >= 0.6 is 12.2 Å². The molecule has 0 radical (unpaired) electrons. The molecule has 2 heterocycles. The van der Waals surface area contributed by atoms with Crippen LogP contribution in [-0.2, 0) is 16.1 Å². The predicted octanol–water partition coefficient (Wildman–Crippen LogP) is -2.31. The summed E-state index contributed by atoms with van der Waals surface area (Å²) in [6.07, 6.45) is -3.38. The second-order valence-electron chi connectivity index (χ2n) is 5.05. The average Bonchev–Trinajstić information content (AvgIpc) is 2.77. The van der Waals surface area contributed by atoms with Gasteiger partial charge in [-0.15, -0.1) is 0 Å². The van der Waals surface area contributed by atoms with Gasteiger partial charge in [0.1, 0.15) is 18.3 Å². The molecule has 4 atom stereocenters. The Hall–Kier alpha value is -1.63. The number of rotatable bonds is 6. The van der Waals surface area contributed by atoms with Crippen LogP contribution < -0.4 is 10.9 Å². The third-order valence-electron chi connectivity index (χ3n) is 3.42. The van der Waals surface area contributed by atoms with Crippen molar-refractivity contribution < 1.29 is 30.0 Å². The van der Waals surface area contributed by atoms with Gasteiger partial charge in [-0.25, -0.2) is 0 Å². The number of aliphatic hydroxyl groups excluding tert-OH is 3. The molecule has 10 nitrogen and oxygen atoms in total. The monoisotopic (exact) mass is 347 g/mol. The van der Waals surface area contributed by atoms with Crippen LogP contribution in [0.3, 0.4) is 0 Å². The van der Waals surface area contributed by atoms with E-state index in [9.17, 15) is 19.8 Å². The second kappa shape index (κ2) is 7.29. The van der Waals surface area contributed by atoms with Crippen LogP contribution in [0, 0.1) is 4.77 Å². The highest BCUT2D eigenvalue weighted by molar-refractivity contribution is 7.71. The van der Waals surface area contributed by atoms with Crippen molar-refractivity contribution in [3.05, 3.63) is 26.9 Å². The molecule has 11 heteroatoms. The summed E-state index contributed by atoms with van der Waals surface area (Å²) in [6, 6.07) is 0. The minimum Gasteiger partial charge on any atom is -0.480 e. The zero-order valence-corrected chi connectivity index (χ0v) is 12.7. The van der Waals surface area contributed by atoms with Crippen LogP contribution in [0.2, 0.25) is 0 Å². The Morgan fingerprint density at radius 2 is 2.13 bits per heavy atom. The van der Waals surface area contributed by atoms with E-state index < -0.39 is 42.7 Å². The molecular weight excluding hydrogens is 330 g/mol. The van der Waals surface area contributed by atoms with Crippen molar-refractivity contribution >= 4 is 18.2 Å². The number of nitrogens with zero attached hydrogens (tertiary/aromatic N) is 1. The molecule has 0 spiro atoms. The normalized spacial score (nSPS) is 27.3. The van der Waals surface area contributed by atoms with Crippen LogP contribution in [0.5, 0.6) is 0 Å². The van der Waals surface area contributed by atoms with Crippen molar-refractivity contribution in [3.63, 3.8) is 0 Å². The van der Waals surface area contributed by atoms with Gasteiger partial charge in [0, 0.05) is 18.3 Å². The minimum absolute atomic E-state index is 0.0353. The molecule has 1 aromatic rings. The van der Waals surface area contributed by atoms with Gasteiger partial charge in [0.25, 0.3) is 5.56 Å².